The Morgan fingerprint density at radius 2 is 2.05 bits per heavy atom. The first-order chi connectivity index (χ1) is 9.70. The van der Waals surface area contributed by atoms with Crippen molar-refractivity contribution in [2.45, 2.75) is 6.92 Å². The number of ketones is 1. The van der Waals surface area contributed by atoms with E-state index in [1.165, 1.54) is 0 Å². The second-order valence-electron chi connectivity index (χ2n) is 4.54. The Balaban J connectivity index is 2.29. The molecule has 0 radical (unpaired) electrons. The predicted molar refractivity (Wildman–Crippen MR) is 77.2 cm³/mol. The largest absolute Gasteiger partial charge is 0.497 e. The Hall–Kier alpha value is -2.62. The van der Waals surface area contributed by atoms with E-state index in [9.17, 15) is 4.79 Å². The van der Waals surface area contributed by atoms with Gasteiger partial charge in [0.1, 0.15) is 11.4 Å². The van der Waals surface area contributed by atoms with Crippen molar-refractivity contribution in [3.8, 4) is 17.0 Å². The van der Waals surface area contributed by atoms with E-state index in [-0.39, 0.29) is 5.78 Å². The molecule has 0 aliphatic heterocycles. The molecule has 4 nitrogen and oxygen atoms in total. The smallest absolute Gasteiger partial charge is 0.164 e. The lowest BCUT2D eigenvalue weighted by molar-refractivity contribution is 0.102. The molecular formula is C16H14N2O2. The number of nitrogens with zero attached hydrogens (tertiary/aromatic N) is 2. The minimum Gasteiger partial charge on any atom is -0.497 e. The molecule has 4 heteroatoms. The van der Waals surface area contributed by atoms with Crippen molar-refractivity contribution in [1.82, 2.24) is 9.61 Å². The summed E-state index contributed by atoms with van der Waals surface area (Å²) in [6.07, 6.45) is 1.84. The standard InChI is InChI=1S/C16H14N2O2/c1-11(19)15-14-8-3-4-9-18(14)17-16(15)12-6-5-7-13(10-12)20-2/h3-10H,1-2H3. The van der Waals surface area contributed by atoms with Gasteiger partial charge in [-0.3, -0.25) is 4.79 Å². The Kier molecular flexibility index (Phi) is 2.99. The van der Waals surface area contributed by atoms with E-state index in [0.717, 1.165) is 16.8 Å². The number of benzene rings is 1. The quantitative estimate of drug-likeness (QED) is 0.684. The van der Waals surface area contributed by atoms with Crippen LogP contribution in [0.15, 0.2) is 48.7 Å². The van der Waals surface area contributed by atoms with Gasteiger partial charge < -0.3 is 4.74 Å². The summed E-state index contributed by atoms with van der Waals surface area (Å²) < 4.78 is 6.96. The molecule has 0 bridgehead atoms. The molecule has 2 heterocycles. The topological polar surface area (TPSA) is 43.6 Å². The first kappa shape index (κ1) is 12.4. The van der Waals surface area contributed by atoms with Crippen molar-refractivity contribution in [3.05, 3.63) is 54.2 Å². The second kappa shape index (κ2) is 4.81. The molecule has 3 aromatic rings. The lowest BCUT2D eigenvalue weighted by Crippen LogP contribution is -1.94. The number of pyridine rings is 1. The van der Waals surface area contributed by atoms with Crippen LogP contribution < -0.4 is 4.74 Å². The third-order valence-electron chi connectivity index (χ3n) is 3.24. The highest BCUT2D eigenvalue weighted by molar-refractivity contribution is 6.06. The fourth-order valence-corrected chi connectivity index (χ4v) is 2.32. The highest BCUT2D eigenvalue weighted by Crippen LogP contribution is 2.28. The molecule has 0 saturated heterocycles. The van der Waals surface area contributed by atoms with Gasteiger partial charge in [-0.25, -0.2) is 4.52 Å². The van der Waals surface area contributed by atoms with Gasteiger partial charge in [0.15, 0.2) is 5.78 Å². The minimum atomic E-state index is 0.00372. The van der Waals surface area contributed by atoms with Crippen molar-refractivity contribution in [1.29, 1.82) is 0 Å². The summed E-state index contributed by atoms with van der Waals surface area (Å²) in [7, 11) is 1.62. The molecule has 0 fully saturated rings. The number of aromatic nitrogens is 2. The van der Waals surface area contributed by atoms with E-state index in [4.69, 9.17) is 4.74 Å². The van der Waals surface area contributed by atoms with Gasteiger partial charge in [-0.2, -0.15) is 5.10 Å². The maximum atomic E-state index is 12.0. The second-order valence-corrected chi connectivity index (χ2v) is 4.54. The number of methoxy groups -OCH3 is 1. The first-order valence-corrected chi connectivity index (χ1v) is 6.33. The summed E-state index contributed by atoms with van der Waals surface area (Å²) in [6, 6.07) is 13.3. The number of carbonyl (C=O) groups is 1. The SMILES string of the molecule is COc1cccc(-c2nn3ccccc3c2C(C)=O)c1. The minimum absolute atomic E-state index is 0.00372. The average Bonchev–Trinajstić information content (AvgIpc) is 2.87. The van der Waals surface area contributed by atoms with E-state index in [1.807, 2.05) is 48.7 Å². The van der Waals surface area contributed by atoms with E-state index in [2.05, 4.69) is 5.10 Å². The number of hydrogen-bond acceptors (Lipinski definition) is 3. The summed E-state index contributed by atoms with van der Waals surface area (Å²) in [4.78, 5) is 12.0. The molecule has 0 amide bonds. The highest BCUT2D eigenvalue weighted by Gasteiger charge is 2.17. The maximum absolute atomic E-state index is 12.0. The van der Waals surface area contributed by atoms with Gasteiger partial charge in [-0.15, -0.1) is 0 Å². The Labute approximate surface area is 116 Å². The lowest BCUT2D eigenvalue weighted by Gasteiger charge is -2.03. The Morgan fingerprint density at radius 1 is 1.20 bits per heavy atom. The van der Waals surface area contributed by atoms with Crippen molar-refractivity contribution in [3.63, 3.8) is 0 Å². The van der Waals surface area contributed by atoms with Crippen LogP contribution >= 0.6 is 0 Å². The van der Waals surface area contributed by atoms with Crippen molar-refractivity contribution >= 4 is 11.3 Å². The van der Waals surface area contributed by atoms with Crippen LogP contribution in [0.2, 0.25) is 0 Å². The van der Waals surface area contributed by atoms with Crippen LogP contribution in [0.4, 0.5) is 0 Å². The molecule has 0 aliphatic carbocycles. The van der Waals surface area contributed by atoms with Crippen LogP contribution in [0.25, 0.3) is 16.8 Å². The molecule has 0 atom stereocenters. The van der Waals surface area contributed by atoms with Crippen LogP contribution in [0, 0.1) is 0 Å². The normalized spacial score (nSPS) is 10.7. The predicted octanol–water partition coefficient (Wildman–Crippen LogP) is 3.21. The summed E-state index contributed by atoms with van der Waals surface area (Å²) in [5, 5.41) is 4.52. The third kappa shape index (κ3) is 1.95. The van der Waals surface area contributed by atoms with Crippen molar-refractivity contribution in [2.24, 2.45) is 0 Å². The lowest BCUT2D eigenvalue weighted by atomic mass is 10.0. The molecule has 1 aromatic carbocycles. The van der Waals surface area contributed by atoms with Crippen LogP contribution in [0.5, 0.6) is 5.75 Å². The average molecular weight is 266 g/mol. The van der Waals surface area contributed by atoms with E-state index < -0.39 is 0 Å². The van der Waals surface area contributed by atoms with Gasteiger partial charge in [0, 0.05) is 11.8 Å². The van der Waals surface area contributed by atoms with Gasteiger partial charge in [0.05, 0.1) is 18.2 Å². The Bertz CT molecular complexity index is 790. The molecule has 3 rings (SSSR count). The number of hydrogen-bond donors (Lipinski definition) is 0. The summed E-state index contributed by atoms with van der Waals surface area (Å²) in [5.74, 6) is 0.748. The fourth-order valence-electron chi connectivity index (χ4n) is 2.32. The zero-order valence-electron chi connectivity index (χ0n) is 11.3. The van der Waals surface area contributed by atoms with E-state index in [1.54, 1.807) is 18.5 Å². The number of carbonyl (C=O) groups excluding carboxylic acids is 1. The molecule has 0 N–H and O–H groups in total. The van der Waals surface area contributed by atoms with Gasteiger partial charge >= 0.3 is 0 Å². The maximum Gasteiger partial charge on any atom is 0.164 e. The fraction of sp³-hybridized carbons (Fsp3) is 0.125. The Morgan fingerprint density at radius 3 is 2.80 bits per heavy atom. The van der Waals surface area contributed by atoms with Crippen molar-refractivity contribution in [2.75, 3.05) is 7.11 Å². The summed E-state index contributed by atoms with van der Waals surface area (Å²) in [6.45, 7) is 1.56. The number of ether oxygens (including phenoxy) is 1. The van der Waals surface area contributed by atoms with Crippen LogP contribution in [0.3, 0.4) is 0 Å². The molecule has 2 aromatic heterocycles. The van der Waals surface area contributed by atoms with Crippen molar-refractivity contribution < 1.29 is 9.53 Å². The first-order valence-electron chi connectivity index (χ1n) is 6.33. The van der Waals surface area contributed by atoms with Crippen LogP contribution in [-0.4, -0.2) is 22.5 Å². The molecule has 0 unspecified atom stereocenters. The number of rotatable bonds is 3. The van der Waals surface area contributed by atoms with E-state index >= 15 is 0 Å². The van der Waals surface area contributed by atoms with Gasteiger partial charge in [0.2, 0.25) is 0 Å². The summed E-state index contributed by atoms with van der Waals surface area (Å²) >= 11 is 0. The molecule has 0 aliphatic rings. The van der Waals surface area contributed by atoms with Gasteiger partial charge in [0.25, 0.3) is 0 Å². The zero-order valence-corrected chi connectivity index (χ0v) is 11.3. The molecular weight excluding hydrogens is 252 g/mol. The highest BCUT2D eigenvalue weighted by atomic mass is 16.5. The molecule has 0 saturated carbocycles. The number of Topliss-reactive ketones (excluding diaryl/α,β-unsaturated/α-hetero) is 1. The summed E-state index contributed by atoms with van der Waals surface area (Å²) in [5.41, 5.74) is 3.01. The molecule has 100 valence electrons. The molecule has 0 spiro atoms. The zero-order chi connectivity index (χ0) is 14.1. The van der Waals surface area contributed by atoms with Crippen LogP contribution in [-0.2, 0) is 0 Å². The van der Waals surface area contributed by atoms with E-state index in [0.29, 0.717) is 11.3 Å². The van der Waals surface area contributed by atoms with Crippen LogP contribution in [0.1, 0.15) is 17.3 Å². The monoisotopic (exact) mass is 266 g/mol. The van der Waals surface area contributed by atoms with Gasteiger partial charge in [-0.05, 0) is 31.2 Å². The third-order valence-corrected chi connectivity index (χ3v) is 3.24. The van der Waals surface area contributed by atoms with Gasteiger partial charge in [-0.1, -0.05) is 18.2 Å². The number of fused-ring (bicyclic) bond motifs is 1. The molecule has 20 heavy (non-hydrogen) atoms.